The van der Waals surface area contributed by atoms with E-state index < -0.39 is 6.04 Å². The van der Waals surface area contributed by atoms with Gasteiger partial charge in [-0.2, -0.15) is 0 Å². The topological polar surface area (TPSA) is 49.4 Å². The van der Waals surface area contributed by atoms with Crippen molar-refractivity contribution in [2.75, 3.05) is 5.75 Å². The van der Waals surface area contributed by atoms with Crippen LogP contribution in [0.4, 0.5) is 0 Å². The maximum atomic E-state index is 13.4. The van der Waals surface area contributed by atoms with E-state index in [2.05, 4.69) is 5.32 Å². The van der Waals surface area contributed by atoms with Gasteiger partial charge in [-0.3, -0.25) is 9.59 Å². The molecule has 2 aromatic carbocycles. The molecule has 1 aliphatic carbocycles. The maximum absolute atomic E-state index is 13.4. The van der Waals surface area contributed by atoms with Gasteiger partial charge < -0.3 is 10.2 Å². The van der Waals surface area contributed by atoms with E-state index in [0.29, 0.717) is 28.8 Å². The summed E-state index contributed by atoms with van der Waals surface area (Å²) >= 11 is 14.0. The van der Waals surface area contributed by atoms with Gasteiger partial charge in [0.15, 0.2) is 0 Å². The van der Waals surface area contributed by atoms with Crippen LogP contribution in [0.25, 0.3) is 0 Å². The summed E-state index contributed by atoms with van der Waals surface area (Å²) in [5.41, 5.74) is 3.01. The number of aryl methyl sites for hydroxylation is 1. The van der Waals surface area contributed by atoms with Gasteiger partial charge in [0.25, 0.3) is 0 Å². The third kappa shape index (κ3) is 7.66. The van der Waals surface area contributed by atoms with E-state index in [-0.39, 0.29) is 23.6 Å². The third-order valence-electron chi connectivity index (χ3n) is 6.34. The van der Waals surface area contributed by atoms with E-state index in [1.54, 1.807) is 17.0 Å². The van der Waals surface area contributed by atoms with Gasteiger partial charge in [-0.25, -0.2) is 0 Å². The molecule has 1 aliphatic rings. The maximum Gasteiger partial charge on any atom is 0.243 e. The van der Waals surface area contributed by atoms with Gasteiger partial charge in [0.1, 0.15) is 6.04 Å². The standard InChI is InChI=1S/C27H34Cl2N2O2S/c1-3-25(27(33)30-21-8-5-4-6-9-21)31(16-20-14-12-19(2)13-15-20)26(32)18-34-17-22-23(28)10-7-11-24(22)29/h7,10-15,21,25H,3-6,8-9,16-18H2,1-2H3,(H,30,33)/t25-/m1/s1. The zero-order valence-electron chi connectivity index (χ0n) is 20.0. The van der Waals surface area contributed by atoms with Crippen LogP contribution in [-0.2, 0) is 21.9 Å². The molecule has 7 heteroatoms. The summed E-state index contributed by atoms with van der Waals surface area (Å²) in [5, 5.41) is 4.42. The molecule has 3 rings (SSSR count). The fraction of sp³-hybridized carbons (Fsp3) is 0.481. The molecule has 0 unspecified atom stereocenters. The van der Waals surface area contributed by atoms with Gasteiger partial charge in [0, 0.05) is 28.4 Å². The van der Waals surface area contributed by atoms with Gasteiger partial charge >= 0.3 is 0 Å². The average molecular weight is 522 g/mol. The first-order valence-corrected chi connectivity index (χ1v) is 14.0. The molecule has 0 bridgehead atoms. The van der Waals surface area contributed by atoms with Crippen molar-refractivity contribution in [1.82, 2.24) is 10.2 Å². The second-order valence-electron chi connectivity index (χ2n) is 8.97. The molecule has 0 saturated heterocycles. The summed E-state index contributed by atoms with van der Waals surface area (Å²) in [7, 11) is 0. The lowest BCUT2D eigenvalue weighted by Gasteiger charge is -2.32. The van der Waals surface area contributed by atoms with Gasteiger partial charge in [-0.15, -0.1) is 11.8 Å². The first kappa shape index (κ1) is 26.9. The highest BCUT2D eigenvalue weighted by atomic mass is 35.5. The lowest BCUT2D eigenvalue weighted by molar-refractivity contribution is -0.139. The molecule has 1 fully saturated rings. The first-order chi connectivity index (χ1) is 16.4. The predicted octanol–water partition coefficient (Wildman–Crippen LogP) is 6.79. The number of thioether (sulfide) groups is 1. The Morgan fingerprint density at radius 2 is 1.71 bits per heavy atom. The normalized spacial score (nSPS) is 15.1. The van der Waals surface area contributed by atoms with Crippen LogP contribution in [0.3, 0.4) is 0 Å². The molecule has 4 nitrogen and oxygen atoms in total. The SMILES string of the molecule is CC[C@H](C(=O)NC1CCCCC1)N(Cc1ccc(C)cc1)C(=O)CSCc1c(Cl)cccc1Cl. The molecular formula is C27H34Cl2N2O2S. The van der Waals surface area contributed by atoms with E-state index in [1.165, 1.54) is 18.2 Å². The third-order valence-corrected chi connectivity index (χ3v) is 8.00. The average Bonchev–Trinajstić information content (AvgIpc) is 2.82. The van der Waals surface area contributed by atoms with Crippen molar-refractivity contribution in [2.45, 2.75) is 76.8 Å². The van der Waals surface area contributed by atoms with E-state index in [4.69, 9.17) is 23.2 Å². The number of hydrogen-bond donors (Lipinski definition) is 1. The van der Waals surface area contributed by atoms with Crippen molar-refractivity contribution in [3.8, 4) is 0 Å². The highest BCUT2D eigenvalue weighted by molar-refractivity contribution is 7.99. The number of carbonyl (C=O) groups is 2. The molecule has 1 N–H and O–H groups in total. The van der Waals surface area contributed by atoms with Crippen LogP contribution in [0.5, 0.6) is 0 Å². The zero-order chi connectivity index (χ0) is 24.5. The van der Waals surface area contributed by atoms with E-state index in [9.17, 15) is 9.59 Å². The fourth-order valence-electron chi connectivity index (χ4n) is 4.35. The lowest BCUT2D eigenvalue weighted by atomic mass is 9.95. The summed E-state index contributed by atoms with van der Waals surface area (Å²) in [6.07, 6.45) is 6.13. The molecule has 1 atom stereocenters. The predicted molar refractivity (Wildman–Crippen MR) is 143 cm³/mol. The van der Waals surface area contributed by atoms with Crippen LogP contribution in [0, 0.1) is 6.92 Å². The monoisotopic (exact) mass is 520 g/mol. The smallest absolute Gasteiger partial charge is 0.243 e. The van der Waals surface area contributed by atoms with Crippen molar-refractivity contribution in [3.63, 3.8) is 0 Å². The summed E-state index contributed by atoms with van der Waals surface area (Å²) in [6.45, 7) is 4.41. The highest BCUT2D eigenvalue weighted by Crippen LogP contribution is 2.28. The molecule has 2 amide bonds. The molecule has 0 heterocycles. The molecule has 184 valence electrons. The molecule has 0 aromatic heterocycles. The minimum atomic E-state index is -0.500. The molecule has 1 saturated carbocycles. The van der Waals surface area contributed by atoms with E-state index in [0.717, 1.165) is 42.4 Å². The summed E-state index contributed by atoms with van der Waals surface area (Å²) in [4.78, 5) is 28.4. The highest BCUT2D eigenvalue weighted by Gasteiger charge is 2.30. The minimum Gasteiger partial charge on any atom is -0.352 e. The van der Waals surface area contributed by atoms with Crippen LogP contribution in [0.1, 0.15) is 62.1 Å². The van der Waals surface area contributed by atoms with Crippen LogP contribution < -0.4 is 5.32 Å². The number of amides is 2. The summed E-state index contributed by atoms with van der Waals surface area (Å²) < 4.78 is 0. The Kier molecular flexibility index (Phi) is 10.6. The van der Waals surface area contributed by atoms with Crippen molar-refractivity contribution < 1.29 is 9.59 Å². The molecule has 34 heavy (non-hydrogen) atoms. The Morgan fingerprint density at radius 3 is 2.32 bits per heavy atom. The first-order valence-electron chi connectivity index (χ1n) is 12.0. The minimum absolute atomic E-state index is 0.0472. The number of benzene rings is 2. The summed E-state index contributed by atoms with van der Waals surface area (Å²) in [5.74, 6) is 0.683. The largest absolute Gasteiger partial charge is 0.352 e. The van der Waals surface area contributed by atoms with E-state index in [1.807, 2.05) is 44.2 Å². The van der Waals surface area contributed by atoms with Gasteiger partial charge in [0.2, 0.25) is 11.8 Å². The Balaban J connectivity index is 1.72. The molecule has 0 aliphatic heterocycles. The Bertz CT molecular complexity index is 941. The Morgan fingerprint density at radius 1 is 1.06 bits per heavy atom. The van der Waals surface area contributed by atoms with Gasteiger partial charge in [-0.1, -0.05) is 85.3 Å². The quantitative estimate of drug-likeness (QED) is 0.375. The second kappa shape index (κ2) is 13.4. The molecule has 0 radical (unpaired) electrons. The fourth-order valence-corrected chi connectivity index (χ4v) is 5.99. The van der Waals surface area contributed by atoms with Crippen molar-refractivity contribution in [3.05, 3.63) is 69.2 Å². The Labute approximate surface area is 217 Å². The number of rotatable bonds is 10. The van der Waals surface area contributed by atoms with E-state index >= 15 is 0 Å². The number of hydrogen-bond acceptors (Lipinski definition) is 3. The second-order valence-corrected chi connectivity index (χ2v) is 10.8. The molecule has 2 aromatic rings. The number of halogens is 2. The van der Waals surface area contributed by atoms with Crippen LogP contribution in [0.15, 0.2) is 42.5 Å². The Hall–Kier alpha value is -1.69. The number of nitrogens with zero attached hydrogens (tertiary/aromatic N) is 1. The van der Waals surface area contributed by atoms with Gasteiger partial charge in [0.05, 0.1) is 5.75 Å². The zero-order valence-corrected chi connectivity index (χ0v) is 22.3. The van der Waals surface area contributed by atoms with Crippen molar-refractivity contribution in [1.29, 1.82) is 0 Å². The van der Waals surface area contributed by atoms with Crippen molar-refractivity contribution >= 4 is 46.8 Å². The molecule has 0 spiro atoms. The van der Waals surface area contributed by atoms with Gasteiger partial charge in [-0.05, 0) is 49.4 Å². The van der Waals surface area contributed by atoms with Crippen LogP contribution in [0.2, 0.25) is 10.0 Å². The van der Waals surface area contributed by atoms with Crippen LogP contribution in [-0.4, -0.2) is 34.6 Å². The van der Waals surface area contributed by atoms with Crippen LogP contribution >= 0.6 is 35.0 Å². The lowest BCUT2D eigenvalue weighted by Crippen LogP contribution is -2.52. The van der Waals surface area contributed by atoms with Crippen molar-refractivity contribution in [2.24, 2.45) is 0 Å². The number of nitrogens with one attached hydrogen (secondary N) is 1. The molecular weight excluding hydrogens is 487 g/mol. The number of carbonyl (C=O) groups excluding carboxylic acids is 2. The summed E-state index contributed by atoms with van der Waals surface area (Å²) in [6, 6.07) is 13.3.